The molecule has 1 heterocycles. The first-order valence-electron chi connectivity index (χ1n) is 4.54. The van der Waals surface area contributed by atoms with E-state index in [1.807, 2.05) is 6.08 Å². The first kappa shape index (κ1) is 9.71. The van der Waals surface area contributed by atoms with Crippen molar-refractivity contribution in [2.45, 2.75) is 13.0 Å². The normalized spacial score (nSPS) is 23.8. The van der Waals surface area contributed by atoms with Gasteiger partial charge in [0.2, 0.25) is 0 Å². The molecular weight excluding hydrogens is 150 g/mol. The molecule has 1 fully saturated rings. The molecule has 70 valence electrons. The van der Waals surface area contributed by atoms with Crippen LogP contribution in [0.3, 0.4) is 0 Å². The van der Waals surface area contributed by atoms with Gasteiger partial charge in [-0.05, 0) is 14.0 Å². The summed E-state index contributed by atoms with van der Waals surface area (Å²) in [5, 5.41) is 2.27. The summed E-state index contributed by atoms with van der Waals surface area (Å²) in [6.07, 6.45) is 1.93. The second-order valence-electron chi connectivity index (χ2n) is 3.44. The molecule has 0 bridgehead atoms. The van der Waals surface area contributed by atoms with Crippen LogP contribution in [-0.4, -0.2) is 49.2 Å². The van der Waals surface area contributed by atoms with Gasteiger partial charge in [-0.15, -0.1) is 6.58 Å². The summed E-state index contributed by atoms with van der Waals surface area (Å²) < 4.78 is 0. The SMILES string of the molecule is C=CC(C)NN1CCN(C)CC1. The van der Waals surface area contributed by atoms with E-state index in [0.717, 1.165) is 26.2 Å². The quantitative estimate of drug-likeness (QED) is 0.614. The van der Waals surface area contributed by atoms with Crippen LogP contribution < -0.4 is 5.43 Å². The zero-order valence-electron chi connectivity index (χ0n) is 8.08. The number of nitrogens with one attached hydrogen (secondary N) is 1. The van der Waals surface area contributed by atoms with Crippen LogP contribution in [0.2, 0.25) is 0 Å². The molecule has 1 unspecified atom stereocenters. The van der Waals surface area contributed by atoms with Crippen LogP contribution >= 0.6 is 0 Å². The summed E-state index contributed by atoms with van der Waals surface area (Å²) in [7, 11) is 2.16. The summed E-state index contributed by atoms with van der Waals surface area (Å²) in [6, 6.07) is 0.383. The molecule has 0 aromatic carbocycles. The number of hydrogen-bond donors (Lipinski definition) is 1. The molecule has 1 rings (SSSR count). The Morgan fingerprint density at radius 1 is 1.33 bits per heavy atom. The van der Waals surface area contributed by atoms with Crippen molar-refractivity contribution in [2.24, 2.45) is 0 Å². The van der Waals surface area contributed by atoms with Gasteiger partial charge in [0.15, 0.2) is 0 Å². The van der Waals surface area contributed by atoms with E-state index in [4.69, 9.17) is 0 Å². The van der Waals surface area contributed by atoms with Gasteiger partial charge in [0.25, 0.3) is 0 Å². The zero-order valence-corrected chi connectivity index (χ0v) is 8.08. The van der Waals surface area contributed by atoms with Gasteiger partial charge >= 0.3 is 0 Å². The van der Waals surface area contributed by atoms with Gasteiger partial charge in [0, 0.05) is 32.2 Å². The van der Waals surface area contributed by atoms with Crippen molar-refractivity contribution < 1.29 is 0 Å². The van der Waals surface area contributed by atoms with Crippen molar-refractivity contribution in [3.63, 3.8) is 0 Å². The Labute approximate surface area is 75.0 Å². The Hall–Kier alpha value is -0.380. The number of rotatable bonds is 3. The largest absolute Gasteiger partial charge is 0.304 e. The molecule has 0 radical (unpaired) electrons. The van der Waals surface area contributed by atoms with Crippen LogP contribution in [0, 0.1) is 0 Å². The van der Waals surface area contributed by atoms with E-state index in [9.17, 15) is 0 Å². The van der Waals surface area contributed by atoms with Gasteiger partial charge in [-0.25, -0.2) is 10.4 Å². The van der Waals surface area contributed by atoms with Crippen molar-refractivity contribution in [2.75, 3.05) is 33.2 Å². The molecule has 1 aliphatic rings. The predicted octanol–water partition coefficient (Wildman–Crippen LogP) is 0.313. The lowest BCUT2D eigenvalue weighted by Gasteiger charge is -2.33. The van der Waals surface area contributed by atoms with Crippen molar-refractivity contribution in [3.8, 4) is 0 Å². The fraction of sp³-hybridized carbons (Fsp3) is 0.778. The zero-order chi connectivity index (χ0) is 8.97. The van der Waals surface area contributed by atoms with Crippen LogP contribution in [0.25, 0.3) is 0 Å². The molecule has 0 spiro atoms. The topological polar surface area (TPSA) is 18.5 Å². The molecule has 0 saturated carbocycles. The third-order valence-electron chi connectivity index (χ3n) is 2.24. The van der Waals surface area contributed by atoms with Gasteiger partial charge < -0.3 is 4.90 Å². The molecule has 12 heavy (non-hydrogen) atoms. The van der Waals surface area contributed by atoms with Crippen molar-refractivity contribution in [1.29, 1.82) is 0 Å². The van der Waals surface area contributed by atoms with E-state index in [1.54, 1.807) is 0 Å². The number of piperazine rings is 1. The predicted molar refractivity (Wildman–Crippen MR) is 51.9 cm³/mol. The Morgan fingerprint density at radius 3 is 2.42 bits per heavy atom. The fourth-order valence-corrected chi connectivity index (χ4v) is 1.28. The maximum absolute atomic E-state index is 3.74. The first-order chi connectivity index (χ1) is 5.72. The van der Waals surface area contributed by atoms with Crippen LogP contribution in [0.15, 0.2) is 12.7 Å². The van der Waals surface area contributed by atoms with E-state index < -0.39 is 0 Å². The second kappa shape index (κ2) is 4.60. The Morgan fingerprint density at radius 2 is 1.92 bits per heavy atom. The van der Waals surface area contributed by atoms with Gasteiger partial charge in [-0.1, -0.05) is 6.08 Å². The minimum absolute atomic E-state index is 0.383. The highest BCUT2D eigenvalue weighted by Gasteiger charge is 2.13. The average Bonchev–Trinajstić information content (AvgIpc) is 2.09. The van der Waals surface area contributed by atoms with Crippen LogP contribution in [-0.2, 0) is 0 Å². The second-order valence-corrected chi connectivity index (χ2v) is 3.44. The smallest absolute Gasteiger partial charge is 0.0364 e. The molecule has 3 nitrogen and oxygen atoms in total. The molecular formula is C9H19N3. The third kappa shape index (κ3) is 2.93. The lowest BCUT2D eigenvalue weighted by atomic mass is 10.3. The number of nitrogens with zero attached hydrogens (tertiary/aromatic N) is 2. The Balaban J connectivity index is 2.21. The fourth-order valence-electron chi connectivity index (χ4n) is 1.28. The lowest BCUT2D eigenvalue weighted by molar-refractivity contribution is 0.0973. The molecule has 1 saturated heterocycles. The highest BCUT2D eigenvalue weighted by molar-refractivity contribution is 4.81. The highest BCUT2D eigenvalue weighted by Crippen LogP contribution is 1.96. The van der Waals surface area contributed by atoms with Gasteiger partial charge in [0.05, 0.1) is 0 Å². The molecule has 0 aromatic rings. The molecule has 1 atom stereocenters. The average molecular weight is 169 g/mol. The monoisotopic (exact) mass is 169 g/mol. The molecule has 1 aliphatic heterocycles. The summed E-state index contributed by atoms with van der Waals surface area (Å²) in [5.74, 6) is 0. The number of likely N-dealkylation sites (N-methyl/N-ethyl adjacent to an activating group) is 1. The maximum atomic E-state index is 3.74. The Bertz CT molecular complexity index is 139. The number of hydrazine groups is 1. The van der Waals surface area contributed by atoms with Crippen LogP contribution in [0.5, 0.6) is 0 Å². The van der Waals surface area contributed by atoms with Crippen molar-refractivity contribution in [3.05, 3.63) is 12.7 Å². The van der Waals surface area contributed by atoms with E-state index in [1.165, 1.54) is 0 Å². The summed E-state index contributed by atoms with van der Waals surface area (Å²) in [6.45, 7) is 10.4. The minimum atomic E-state index is 0.383. The number of hydrogen-bond acceptors (Lipinski definition) is 3. The van der Waals surface area contributed by atoms with Crippen LogP contribution in [0.4, 0.5) is 0 Å². The molecule has 1 N–H and O–H groups in total. The standard InChI is InChI=1S/C9H19N3/c1-4-9(2)10-12-7-5-11(3)6-8-12/h4,9-10H,1,5-8H2,2-3H3. The van der Waals surface area contributed by atoms with Crippen molar-refractivity contribution in [1.82, 2.24) is 15.3 Å². The highest BCUT2D eigenvalue weighted by atomic mass is 15.5. The van der Waals surface area contributed by atoms with E-state index in [2.05, 4.69) is 35.9 Å². The summed E-state index contributed by atoms with van der Waals surface area (Å²) >= 11 is 0. The Kier molecular flexibility index (Phi) is 3.72. The molecule has 0 amide bonds. The van der Waals surface area contributed by atoms with Crippen molar-refractivity contribution >= 4 is 0 Å². The minimum Gasteiger partial charge on any atom is -0.304 e. The molecule has 3 heteroatoms. The van der Waals surface area contributed by atoms with E-state index in [-0.39, 0.29) is 0 Å². The van der Waals surface area contributed by atoms with Gasteiger partial charge in [-0.2, -0.15) is 0 Å². The summed E-state index contributed by atoms with van der Waals surface area (Å²) in [5.41, 5.74) is 3.38. The third-order valence-corrected chi connectivity index (χ3v) is 2.24. The summed E-state index contributed by atoms with van der Waals surface area (Å²) in [4.78, 5) is 2.34. The first-order valence-corrected chi connectivity index (χ1v) is 4.54. The van der Waals surface area contributed by atoms with Gasteiger partial charge in [-0.3, -0.25) is 0 Å². The molecule has 0 aromatic heterocycles. The maximum Gasteiger partial charge on any atom is 0.0364 e. The molecule has 0 aliphatic carbocycles. The lowest BCUT2D eigenvalue weighted by Crippen LogP contribution is -2.52. The van der Waals surface area contributed by atoms with E-state index in [0.29, 0.717) is 6.04 Å². The van der Waals surface area contributed by atoms with E-state index >= 15 is 0 Å². The van der Waals surface area contributed by atoms with Crippen LogP contribution in [0.1, 0.15) is 6.92 Å². The van der Waals surface area contributed by atoms with Gasteiger partial charge in [0.1, 0.15) is 0 Å².